The Bertz CT molecular complexity index is 360. The standard InChI is InChI=1S/C10H13BrClN3/c1-2-10(4-3-5-10)15-8-7(11)6-13-9(12)14-8/h6H,2-5H2,1H3,(H,13,14,15). The summed E-state index contributed by atoms with van der Waals surface area (Å²) in [5.74, 6) is 0.802. The predicted molar refractivity (Wildman–Crippen MR) is 65.2 cm³/mol. The number of nitrogens with zero attached hydrogens (tertiary/aromatic N) is 2. The minimum Gasteiger partial charge on any atom is -0.364 e. The van der Waals surface area contributed by atoms with E-state index in [2.05, 4.69) is 38.1 Å². The van der Waals surface area contributed by atoms with Crippen molar-refractivity contribution in [3.8, 4) is 0 Å². The number of halogens is 2. The van der Waals surface area contributed by atoms with Crippen molar-refractivity contribution in [3.05, 3.63) is 16.0 Å². The molecule has 0 unspecified atom stereocenters. The van der Waals surface area contributed by atoms with Gasteiger partial charge in [0, 0.05) is 11.7 Å². The van der Waals surface area contributed by atoms with Gasteiger partial charge in [0.1, 0.15) is 5.82 Å². The van der Waals surface area contributed by atoms with E-state index in [-0.39, 0.29) is 10.8 Å². The maximum atomic E-state index is 5.77. The van der Waals surface area contributed by atoms with E-state index in [9.17, 15) is 0 Å². The molecule has 0 radical (unpaired) electrons. The Kier molecular flexibility index (Phi) is 3.16. The second-order valence-corrected chi connectivity index (χ2v) is 5.14. The van der Waals surface area contributed by atoms with E-state index < -0.39 is 0 Å². The van der Waals surface area contributed by atoms with Crippen LogP contribution in [0, 0.1) is 0 Å². The smallest absolute Gasteiger partial charge is 0.224 e. The predicted octanol–water partition coefficient (Wildman–Crippen LogP) is 3.64. The number of aromatic nitrogens is 2. The van der Waals surface area contributed by atoms with Crippen LogP contribution in [0.4, 0.5) is 5.82 Å². The number of hydrogen-bond acceptors (Lipinski definition) is 3. The molecule has 3 nitrogen and oxygen atoms in total. The van der Waals surface area contributed by atoms with Crippen molar-refractivity contribution >= 4 is 33.3 Å². The monoisotopic (exact) mass is 289 g/mol. The van der Waals surface area contributed by atoms with Crippen LogP contribution in [0.25, 0.3) is 0 Å². The minimum absolute atomic E-state index is 0.222. The van der Waals surface area contributed by atoms with Gasteiger partial charge in [-0.1, -0.05) is 6.92 Å². The topological polar surface area (TPSA) is 37.8 Å². The Morgan fingerprint density at radius 1 is 1.60 bits per heavy atom. The maximum absolute atomic E-state index is 5.77. The summed E-state index contributed by atoms with van der Waals surface area (Å²) in [5, 5.41) is 3.75. The summed E-state index contributed by atoms with van der Waals surface area (Å²) in [6, 6.07) is 0. The summed E-state index contributed by atoms with van der Waals surface area (Å²) in [6.07, 6.45) is 6.49. The third-order valence-corrected chi connectivity index (χ3v) is 3.85. The first-order valence-corrected chi connectivity index (χ1v) is 6.28. The van der Waals surface area contributed by atoms with E-state index in [4.69, 9.17) is 11.6 Å². The maximum Gasteiger partial charge on any atom is 0.224 e. The van der Waals surface area contributed by atoms with Crippen LogP contribution in [0.1, 0.15) is 32.6 Å². The zero-order valence-corrected chi connectivity index (χ0v) is 10.9. The van der Waals surface area contributed by atoms with Crippen molar-refractivity contribution < 1.29 is 0 Å². The van der Waals surface area contributed by atoms with Gasteiger partial charge in [0.05, 0.1) is 4.47 Å². The third kappa shape index (κ3) is 2.26. The summed E-state index contributed by atoms with van der Waals surface area (Å²) in [7, 11) is 0. The Hall–Kier alpha value is -0.350. The molecule has 1 aromatic rings. The SMILES string of the molecule is CCC1(Nc2nc(Cl)ncc2Br)CCC1. The van der Waals surface area contributed by atoms with Gasteiger partial charge in [0.25, 0.3) is 0 Å². The molecule has 0 aliphatic heterocycles. The minimum atomic E-state index is 0.222. The van der Waals surface area contributed by atoms with Crippen LogP contribution < -0.4 is 5.32 Å². The molecule has 0 amide bonds. The van der Waals surface area contributed by atoms with Crippen molar-refractivity contribution in [3.63, 3.8) is 0 Å². The first kappa shape index (κ1) is 11.1. The average molecular weight is 291 g/mol. The van der Waals surface area contributed by atoms with Crippen LogP contribution in [-0.2, 0) is 0 Å². The average Bonchev–Trinajstić information content (AvgIpc) is 2.17. The Labute approximate surface area is 103 Å². The molecule has 0 saturated heterocycles. The van der Waals surface area contributed by atoms with Crippen LogP contribution in [0.2, 0.25) is 5.28 Å². The van der Waals surface area contributed by atoms with Crippen LogP contribution in [0.5, 0.6) is 0 Å². The molecule has 1 heterocycles. The molecule has 1 aliphatic rings. The molecular formula is C10H13BrClN3. The van der Waals surface area contributed by atoms with Gasteiger partial charge < -0.3 is 5.32 Å². The summed E-state index contributed by atoms with van der Waals surface area (Å²) in [6.45, 7) is 2.20. The lowest BCUT2D eigenvalue weighted by molar-refractivity contribution is 0.268. The van der Waals surface area contributed by atoms with E-state index >= 15 is 0 Å². The first-order chi connectivity index (χ1) is 7.15. The fourth-order valence-electron chi connectivity index (χ4n) is 1.85. The highest BCUT2D eigenvalue weighted by atomic mass is 79.9. The van der Waals surface area contributed by atoms with Gasteiger partial charge >= 0.3 is 0 Å². The third-order valence-electron chi connectivity index (χ3n) is 3.09. The van der Waals surface area contributed by atoms with E-state index in [1.54, 1.807) is 6.20 Å². The highest BCUT2D eigenvalue weighted by Gasteiger charge is 2.35. The second kappa shape index (κ2) is 4.26. The summed E-state index contributed by atoms with van der Waals surface area (Å²) in [5.41, 5.74) is 0.222. The lowest BCUT2D eigenvalue weighted by Gasteiger charge is -2.42. The number of nitrogens with one attached hydrogen (secondary N) is 1. The normalized spacial score (nSPS) is 18.3. The Balaban J connectivity index is 2.19. The number of anilines is 1. The Morgan fingerprint density at radius 2 is 2.33 bits per heavy atom. The van der Waals surface area contributed by atoms with E-state index in [0.29, 0.717) is 0 Å². The number of rotatable bonds is 3. The van der Waals surface area contributed by atoms with Crippen molar-refractivity contribution in [2.45, 2.75) is 38.1 Å². The summed E-state index contributed by atoms with van der Waals surface area (Å²) in [4.78, 5) is 8.09. The summed E-state index contributed by atoms with van der Waals surface area (Å²) < 4.78 is 0.867. The fraction of sp³-hybridized carbons (Fsp3) is 0.600. The van der Waals surface area contributed by atoms with Gasteiger partial charge in [-0.25, -0.2) is 4.98 Å². The summed E-state index contributed by atoms with van der Waals surface area (Å²) >= 11 is 9.19. The lowest BCUT2D eigenvalue weighted by Crippen LogP contribution is -2.44. The van der Waals surface area contributed by atoms with Crippen LogP contribution in [-0.4, -0.2) is 15.5 Å². The molecule has 1 aromatic heterocycles. The van der Waals surface area contributed by atoms with Crippen LogP contribution in [0.15, 0.2) is 10.7 Å². The lowest BCUT2D eigenvalue weighted by atomic mass is 9.75. The van der Waals surface area contributed by atoms with Gasteiger partial charge in [0.2, 0.25) is 5.28 Å². The van der Waals surface area contributed by atoms with Gasteiger partial charge in [-0.15, -0.1) is 0 Å². The molecule has 0 spiro atoms. The first-order valence-electron chi connectivity index (χ1n) is 5.11. The molecule has 1 fully saturated rings. The molecule has 0 atom stereocenters. The largest absolute Gasteiger partial charge is 0.364 e. The fourth-order valence-corrected chi connectivity index (χ4v) is 2.28. The zero-order chi connectivity index (χ0) is 10.9. The molecule has 5 heteroatoms. The van der Waals surface area contributed by atoms with Gasteiger partial charge in [-0.2, -0.15) is 4.98 Å². The van der Waals surface area contributed by atoms with E-state index in [1.807, 2.05) is 0 Å². The second-order valence-electron chi connectivity index (χ2n) is 3.95. The van der Waals surface area contributed by atoms with Gasteiger partial charge in [-0.05, 0) is 53.2 Å². The van der Waals surface area contributed by atoms with Crippen molar-refractivity contribution in [2.24, 2.45) is 0 Å². The number of hydrogen-bond donors (Lipinski definition) is 1. The van der Waals surface area contributed by atoms with Crippen LogP contribution >= 0.6 is 27.5 Å². The van der Waals surface area contributed by atoms with Gasteiger partial charge in [-0.3, -0.25) is 0 Å². The van der Waals surface area contributed by atoms with Crippen molar-refractivity contribution in [1.82, 2.24) is 9.97 Å². The van der Waals surface area contributed by atoms with Gasteiger partial charge in [0.15, 0.2) is 0 Å². The molecule has 1 N–H and O–H groups in total. The highest BCUT2D eigenvalue weighted by molar-refractivity contribution is 9.10. The Morgan fingerprint density at radius 3 is 2.87 bits per heavy atom. The quantitative estimate of drug-likeness (QED) is 0.864. The van der Waals surface area contributed by atoms with E-state index in [1.165, 1.54) is 19.3 Å². The van der Waals surface area contributed by atoms with Crippen molar-refractivity contribution in [2.75, 3.05) is 5.32 Å². The molecule has 0 bridgehead atoms. The van der Waals surface area contributed by atoms with E-state index in [0.717, 1.165) is 16.7 Å². The molecule has 1 aliphatic carbocycles. The molecule has 1 saturated carbocycles. The van der Waals surface area contributed by atoms with Crippen molar-refractivity contribution in [1.29, 1.82) is 0 Å². The molecule has 2 rings (SSSR count). The van der Waals surface area contributed by atoms with Crippen LogP contribution in [0.3, 0.4) is 0 Å². The molecule has 82 valence electrons. The molecule has 0 aromatic carbocycles. The molecule has 15 heavy (non-hydrogen) atoms. The molecular weight excluding hydrogens is 277 g/mol. The highest BCUT2D eigenvalue weighted by Crippen LogP contribution is 2.38. The zero-order valence-electron chi connectivity index (χ0n) is 8.56.